The van der Waals surface area contributed by atoms with Gasteiger partial charge in [-0.3, -0.25) is 4.79 Å². The Morgan fingerprint density at radius 2 is 1.80 bits per heavy atom. The van der Waals surface area contributed by atoms with Crippen LogP contribution in [0.3, 0.4) is 0 Å². The van der Waals surface area contributed by atoms with Gasteiger partial charge < -0.3 is 19.3 Å². The van der Waals surface area contributed by atoms with Crippen LogP contribution in [0.15, 0.2) is 30.3 Å². The highest BCUT2D eigenvalue weighted by molar-refractivity contribution is 5.98. The Morgan fingerprint density at radius 1 is 1.12 bits per heavy atom. The Kier molecular flexibility index (Phi) is 4.63. The van der Waals surface area contributed by atoms with Gasteiger partial charge in [0.25, 0.3) is 5.91 Å². The first kappa shape index (κ1) is 17.2. The molecular formula is C19H22N2O4. The summed E-state index contributed by atoms with van der Waals surface area (Å²) in [5.41, 5.74) is 4.46. The van der Waals surface area contributed by atoms with Gasteiger partial charge in [0.15, 0.2) is 6.10 Å². The fourth-order valence-corrected chi connectivity index (χ4v) is 3.22. The average molecular weight is 342 g/mol. The second-order valence-corrected chi connectivity index (χ2v) is 6.42. The molecule has 2 heterocycles. The first-order valence-electron chi connectivity index (χ1n) is 8.28. The van der Waals surface area contributed by atoms with Gasteiger partial charge in [-0.25, -0.2) is 4.79 Å². The van der Waals surface area contributed by atoms with Crippen LogP contribution in [0.2, 0.25) is 0 Å². The molecule has 1 amide bonds. The van der Waals surface area contributed by atoms with E-state index in [9.17, 15) is 9.59 Å². The number of hydrogen-bond donors (Lipinski definition) is 1. The van der Waals surface area contributed by atoms with Crippen molar-refractivity contribution in [3.63, 3.8) is 0 Å². The number of ether oxygens (including phenoxy) is 1. The van der Waals surface area contributed by atoms with Crippen LogP contribution in [0, 0.1) is 20.8 Å². The quantitative estimate of drug-likeness (QED) is 0.929. The molecule has 1 atom stereocenters. The number of carbonyl (C=O) groups excluding carboxylic acids is 1. The lowest BCUT2D eigenvalue weighted by Crippen LogP contribution is -2.48. The van der Waals surface area contributed by atoms with Gasteiger partial charge in [-0.2, -0.15) is 0 Å². The molecule has 6 nitrogen and oxygen atoms in total. The molecule has 1 unspecified atom stereocenters. The molecule has 0 aliphatic carbocycles. The highest BCUT2D eigenvalue weighted by Crippen LogP contribution is 2.24. The van der Waals surface area contributed by atoms with E-state index in [0.29, 0.717) is 12.1 Å². The third-order valence-electron chi connectivity index (χ3n) is 4.52. The number of benzene rings is 1. The number of nitrogens with zero attached hydrogens (tertiary/aromatic N) is 2. The fraction of sp³-hybridized carbons (Fsp3) is 0.368. The van der Waals surface area contributed by atoms with Gasteiger partial charge >= 0.3 is 5.97 Å². The van der Waals surface area contributed by atoms with Crippen molar-refractivity contribution >= 4 is 11.9 Å². The maximum atomic E-state index is 13.1. The van der Waals surface area contributed by atoms with Crippen LogP contribution in [-0.2, 0) is 9.53 Å². The molecule has 2 aromatic rings. The van der Waals surface area contributed by atoms with Gasteiger partial charge in [0.2, 0.25) is 0 Å². The third-order valence-corrected chi connectivity index (χ3v) is 4.52. The summed E-state index contributed by atoms with van der Waals surface area (Å²) in [6.07, 6.45) is -0.971. The SMILES string of the molecule is Cc1ccc(-n2c(C)ccc2C)c(C(=O)N2CCOC(C(=O)O)C2)c1. The van der Waals surface area contributed by atoms with Crippen molar-refractivity contribution in [1.29, 1.82) is 0 Å². The van der Waals surface area contributed by atoms with Crippen LogP contribution < -0.4 is 0 Å². The molecule has 0 spiro atoms. The number of aromatic nitrogens is 1. The Morgan fingerprint density at radius 3 is 2.44 bits per heavy atom. The van der Waals surface area contributed by atoms with Crippen LogP contribution in [0.1, 0.15) is 27.3 Å². The van der Waals surface area contributed by atoms with Crippen LogP contribution in [0.4, 0.5) is 0 Å². The van der Waals surface area contributed by atoms with Crippen molar-refractivity contribution in [3.8, 4) is 5.69 Å². The third kappa shape index (κ3) is 3.30. The van der Waals surface area contributed by atoms with Crippen molar-refractivity contribution in [2.45, 2.75) is 26.9 Å². The molecule has 1 aliphatic rings. The van der Waals surface area contributed by atoms with E-state index in [1.807, 2.05) is 55.7 Å². The number of aryl methyl sites for hydroxylation is 3. The van der Waals surface area contributed by atoms with E-state index in [-0.39, 0.29) is 19.1 Å². The second kappa shape index (κ2) is 6.72. The van der Waals surface area contributed by atoms with E-state index in [4.69, 9.17) is 9.84 Å². The van der Waals surface area contributed by atoms with Crippen molar-refractivity contribution < 1.29 is 19.4 Å². The van der Waals surface area contributed by atoms with Crippen LogP contribution >= 0.6 is 0 Å². The molecule has 0 radical (unpaired) electrons. The molecule has 1 saturated heterocycles. The van der Waals surface area contributed by atoms with E-state index in [2.05, 4.69) is 0 Å². The van der Waals surface area contributed by atoms with E-state index in [1.54, 1.807) is 4.90 Å². The maximum Gasteiger partial charge on any atom is 0.334 e. The van der Waals surface area contributed by atoms with Gasteiger partial charge in [-0.1, -0.05) is 11.6 Å². The summed E-state index contributed by atoms with van der Waals surface area (Å²) in [5, 5.41) is 9.16. The first-order chi connectivity index (χ1) is 11.9. The second-order valence-electron chi connectivity index (χ2n) is 6.42. The summed E-state index contributed by atoms with van der Waals surface area (Å²) >= 11 is 0. The van der Waals surface area contributed by atoms with Crippen LogP contribution in [0.25, 0.3) is 5.69 Å². The average Bonchev–Trinajstić information content (AvgIpc) is 2.93. The molecule has 6 heteroatoms. The van der Waals surface area contributed by atoms with E-state index in [1.165, 1.54) is 0 Å². The van der Waals surface area contributed by atoms with Crippen molar-refractivity contribution in [2.24, 2.45) is 0 Å². The summed E-state index contributed by atoms with van der Waals surface area (Å²) in [6.45, 7) is 6.61. The van der Waals surface area contributed by atoms with Crippen molar-refractivity contribution in [3.05, 3.63) is 52.8 Å². The highest BCUT2D eigenvalue weighted by Gasteiger charge is 2.30. The lowest BCUT2D eigenvalue weighted by atomic mass is 10.1. The standard InChI is InChI=1S/C19H22N2O4/c1-12-4-7-16(21-13(2)5-6-14(21)3)15(10-12)18(22)20-8-9-25-17(11-20)19(23)24/h4-7,10,17H,8-9,11H2,1-3H3,(H,23,24). The summed E-state index contributed by atoms with van der Waals surface area (Å²) in [7, 11) is 0. The lowest BCUT2D eigenvalue weighted by Gasteiger charge is -2.31. The summed E-state index contributed by atoms with van der Waals surface area (Å²) < 4.78 is 7.26. The summed E-state index contributed by atoms with van der Waals surface area (Å²) in [5.74, 6) is -1.21. The number of hydrogen-bond acceptors (Lipinski definition) is 3. The molecule has 3 rings (SSSR count). The predicted octanol–water partition coefficient (Wildman–Crippen LogP) is 2.33. The maximum absolute atomic E-state index is 13.1. The largest absolute Gasteiger partial charge is 0.479 e. The minimum atomic E-state index is -1.04. The molecule has 1 fully saturated rings. The zero-order valence-corrected chi connectivity index (χ0v) is 14.7. The molecule has 132 valence electrons. The molecule has 1 aromatic carbocycles. The van der Waals surface area contributed by atoms with Gasteiger partial charge in [0, 0.05) is 17.9 Å². The molecule has 25 heavy (non-hydrogen) atoms. The number of carboxylic acid groups (broad SMARTS) is 1. The van der Waals surface area contributed by atoms with Gasteiger partial charge in [0.1, 0.15) is 0 Å². The highest BCUT2D eigenvalue weighted by atomic mass is 16.5. The van der Waals surface area contributed by atoms with E-state index in [0.717, 1.165) is 22.6 Å². The Balaban J connectivity index is 2.00. The smallest absolute Gasteiger partial charge is 0.334 e. The fourth-order valence-electron chi connectivity index (χ4n) is 3.22. The molecule has 0 bridgehead atoms. The number of carboxylic acids is 1. The van der Waals surface area contributed by atoms with Gasteiger partial charge in [0.05, 0.1) is 24.4 Å². The predicted molar refractivity (Wildman–Crippen MR) is 93.3 cm³/mol. The minimum absolute atomic E-state index is 0.0607. The number of carbonyl (C=O) groups is 2. The zero-order valence-electron chi connectivity index (χ0n) is 14.7. The van der Waals surface area contributed by atoms with Crippen molar-refractivity contribution in [1.82, 2.24) is 9.47 Å². The number of morpholine rings is 1. The monoisotopic (exact) mass is 342 g/mol. The Hall–Kier alpha value is -2.60. The van der Waals surface area contributed by atoms with Gasteiger partial charge in [-0.15, -0.1) is 0 Å². The van der Waals surface area contributed by atoms with Crippen molar-refractivity contribution in [2.75, 3.05) is 19.7 Å². The topological polar surface area (TPSA) is 71.8 Å². The molecule has 1 aliphatic heterocycles. The number of aliphatic carboxylic acids is 1. The van der Waals surface area contributed by atoms with Crippen LogP contribution in [0.5, 0.6) is 0 Å². The number of amides is 1. The summed E-state index contributed by atoms with van der Waals surface area (Å²) in [6, 6.07) is 9.81. The Labute approximate surface area is 146 Å². The molecule has 1 aromatic heterocycles. The minimum Gasteiger partial charge on any atom is -0.479 e. The number of rotatable bonds is 3. The molecule has 0 saturated carbocycles. The Bertz CT molecular complexity index is 805. The van der Waals surface area contributed by atoms with Gasteiger partial charge in [-0.05, 0) is 45.0 Å². The van der Waals surface area contributed by atoms with E-state index < -0.39 is 12.1 Å². The first-order valence-corrected chi connectivity index (χ1v) is 8.28. The summed E-state index contributed by atoms with van der Waals surface area (Å²) in [4.78, 5) is 25.9. The normalized spacial score (nSPS) is 17.6. The zero-order chi connectivity index (χ0) is 18.1. The van der Waals surface area contributed by atoms with Crippen LogP contribution in [-0.4, -0.2) is 52.3 Å². The lowest BCUT2D eigenvalue weighted by molar-refractivity contribution is -0.154. The van der Waals surface area contributed by atoms with E-state index >= 15 is 0 Å². The molecular weight excluding hydrogens is 320 g/mol. The molecule has 1 N–H and O–H groups in total.